The van der Waals surface area contributed by atoms with Gasteiger partial charge in [-0.05, 0) is 117 Å². The van der Waals surface area contributed by atoms with Crippen LogP contribution in [0.15, 0.2) is 23.3 Å². The van der Waals surface area contributed by atoms with Crippen LogP contribution < -0.4 is 0 Å². The van der Waals surface area contributed by atoms with Gasteiger partial charge >= 0.3 is 0 Å². The summed E-state index contributed by atoms with van der Waals surface area (Å²) in [5.41, 5.74) is 4.53. The first-order valence-electron chi connectivity index (χ1n) is 13.4. The maximum Gasteiger partial charge on any atom is 0.0594 e. The summed E-state index contributed by atoms with van der Waals surface area (Å²) in [6.45, 7) is 19.6. The quantitative estimate of drug-likeness (QED) is 0.448. The zero-order valence-electron chi connectivity index (χ0n) is 21.9. The molecule has 1 heteroatoms. The van der Waals surface area contributed by atoms with Crippen molar-refractivity contribution in [2.75, 3.05) is 0 Å². The molecule has 0 aromatic heterocycles. The van der Waals surface area contributed by atoms with Crippen molar-refractivity contribution < 1.29 is 5.11 Å². The molecule has 0 bridgehead atoms. The first-order valence-corrected chi connectivity index (χ1v) is 13.4. The van der Waals surface area contributed by atoms with E-state index in [1.807, 2.05) is 5.57 Å². The third kappa shape index (κ3) is 3.34. The summed E-state index contributed by atoms with van der Waals surface area (Å²) in [6.07, 6.45) is 16.5. The normalized spacial score (nSPS) is 46.9. The van der Waals surface area contributed by atoms with Crippen LogP contribution in [0.25, 0.3) is 0 Å². The number of allylic oxidation sites excluding steroid dienone is 4. The Kier molecular flexibility index (Phi) is 5.90. The van der Waals surface area contributed by atoms with Gasteiger partial charge in [-0.2, -0.15) is 0 Å². The zero-order chi connectivity index (χ0) is 22.8. The number of fused-ring (bicyclic) bond motifs is 5. The molecule has 0 aromatic carbocycles. The number of hydrogen-bond donors (Lipinski definition) is 1. The highest BCUT2D eigenvalue weighted by Gasteiger charge is 2.65. The van der Waals surface area contributed by atoms with Gasteiger partial charge < -0.3 is 5.11 Å². The topological polar surface area (TPSA) is 20.2 Å². The summed E-state index contributed by atoms with van der Waals surface area (Å²) in [5, 5.41) is 10.8. The van der Waals surface area contributed by atoms with Crippen molar-refractivity contribution in [1.29, 1.82) is 0 Å². The molecule has 0 aromatic rings. The van der Waals surface area contributed by atoms with E-state index in [4.69, 9.17) is 0 Å². The minimum Gasteiger partial charge on any atom is -0.393 e. The fraction of sp³-hybridized carbons (Fsp3) is 0.867. The van der Waals surface area contributed by atoms with Crippen molar-refractivity contribution in [2.24, 2.45) is 45.3 Å². The van der Waals surface area contributed by atoms with E-state index in [9.17, 15) is 5.11 Å². The fourth-order valence-electron chi connectivity index (χ4n) is 9.49. The standard InChI is InChI=1S/C30H50O/c1-20(2)10-9-11-21(3)22-14-18-30(8)24-12-13-25-27(4,5)26(31)16-17-28(25,6)23(24)15-19-29(22,30)7/h10,12,21-23,25-26,31H,9,11,13-19H2,1-8H3/t21-,22+,23+,25+,26+,28-,29+,30-/m1/s1. The van der Waals surface area contributed by atoms with Crippen molar-refractivity contribution in [1.82, 2.24) is 0 Å². The highest BCUT2D eigenvalue weighted by molar-refractivity contribution is 5.33. The smallest absolute Gasteiger partial charge is 0.0594 e. The molecule has 176 valence electrons. The third-order valence-electron chi connectivity index (χ3n) is 11.7. The Morgan fingerprint density at radius 3 is 2.45 bits per heavy atom. The van der Waals surface area contributed by atoms with Gasteiger partial charge in [0.2, 0.25) is 0 Å². The Bertz CT molecular complexity index is 754. The maximum absolute atomic E-state index is 10.8. The lowest BCUT2D eigenvalue weighted by molar-refractivity contribution is -0.131. The lowest BCUT2D eigenvalue weighted by Crippen LogP contribution is -2.58. The Morgan fingerprint density at radius 1 is 1.06 bits per heavy atom. The van der Waals surface area contributed by atoms with Crippen molar-refractivity contribution in [2.45, 2.75) is 119 Å². The summed E-state index contributed by atoms with van der Waals surface area (Å²) in [4.78, 5) is 0. The largest absolute Gasteiger partial charge is 0.393 e. The van der Waals surface area contributed by atoms with Gasteiger partial charge in [-0.1, -0.05) is 64.8 Å². The molecule has 1 N–H and O–H groups in total. The maximum atomic E-state index is 10.8. The van der Waals surface area contributed by atoms with E-state index in [1.165, 1.54) is 56.9 Å². The van der Waals surface area contributed by atoms with E-state index in [-0.39, 0.29) is 11.5 Å². The summed E-state index contributed by atoms with van der Waals surface area (Å²) in [7, 11) is 0. The number of aliphatic hydroxyl groups excluding tert-OH is 1. The van der Waals surface area contributed by atoms with Gasteiger partial charge in [-0.25, -0.2) is 0 Å². The van der Waals surface area contributed by atoms with Crippen LogP contribution in [-0.4, -0.2) is 11.2 Å². The fourth-order valence-corrected chi connectivity index (χ4v) is 9.49. The first kappa shape index (κ1) is 23.6. The SMILES string of the molecule is CC(C)=CCC[C@@H](C)[C@@H]1CC[C@]2(C)C3=CC[C@H]4C(C)(C)[C@@H](O)CC[C@]4(C)[C@H]3CC[C@@]12C. The van der Waals surface area contributed by atoms with Crippen LogP contribution in [0.5, 0.6) is 0 Å². The van der Waals surface area contributed by atoms with E-state index in [2.05, 4.69) is 67.5 Å². The van der Waals surface area contributed by atoms with Gasteiger partial charge in [0.05, 0.1) is 6.10 Å². The van der Waals surface area contributed by atoms with Gasteiger partial charge in [0, 0.05) is 0 Å². The highest BCUT2D eigenvalue weighted by Crippen LogP contribution is 2.73. The molecule has 0 spiro atoms. The Hall–Kier alpha value is -0.560. The van der Waals surface area contributed by atoms with Crippen LogP contribution in [0.1, 0.15) is 113 Å². The van der Waals surface area contributed by atoms with Crippen LogP contribution in [0.4, 0.5) is 0 Å². The molecular formula is C30H50O. The number of aliphatic hydroxyl groups is 1. The molecule has 0 saturated heterocycles. The summed E-state index contributed by atoms with van der Waals surface area (Å²) >= 11 is 0. The predicted octanol–water partition coefficient (Wildman–Crippen LogP) is 8.34. The Labute approximate surface area is 193 Å². The number of hydrogen-bond acceptors (Lipinski definition) is 1. The molecule has 8 atom stereocenters. The molecule has 4 aliphatic carbocycles. The van der Waals surface area contributed by atoms with Gasteiger partial charge in [0.25, 0.3) is 0 Å². The minimum atomic E-state index is -0.137. The highest BCUT2D eigenvalue weighted by atomic mass is 16.3. The van der Waals surface area contributed by atoms with Gasteiger partial charge in [-0.3, -0.25) is 0 Å². The predicted molar refractivity (Wildman–Crippen MR) is 133 cm³/mol. The Balaban J connectivity index is 1.62. The molecule has 0 heterocycles. The average molecular weight is 427 g/mol. The van der Waals surface area contributed by atoms with E-state index in [0.717, 1.165) is 24.2 Å². The molecular weight excluding hydrogens is 376 g/mol. The summed E-state index contributed by atoms with van der Waals surface area (Å²) in [6, 6.07) is 0. The molecule has 3 fully saturated rings. The van der Waals surface area contributed by atoms with Crippen molar-refractivity contribution in [3.05, 3.63) is 23.3 Å². The van der Waals surface area contributed by atoms with Crippen molar-refractivity contribution in [3.63, 3.8) is 0 Å². The molecule has 4 aliphatic rings. The molecule has 0 radical (unpaired) electrons. The second kappa shape index (κ2) is 7.75. The summed E-state index contributed by atoms with van der Waals surface area (Å²) in [5.74, 6) is 3.02. The molecule has 4 rings (SSSR count). The average Bonchev–Trinajstić information content (AvgIpc) is 2.96. The van der Waals surface area contributed by atoms with Crippen LogP contribution in [0.2, 0.25) is 0 Å². The van der Waals surface area contributed by atoms with Crippen LogP contribution in [0.3, 0.4) is 0 Å². The van der Waals surface area contributed by atoms with Crippen molar-refractivity contribution >= 4 is 0 Å². The molecule has 3 saturated carbocycles. The first-order chi connectivity index (χ1) is 14.4. The molecule has 0 unspecified atom stereocenters. The second-order valence-electron chi connectivity index (χ2n) is 13.7. The van der Waals surface area contributed by atoms with Gasteiger partial charge in [0.15, 0.2) is 0 Å². The van der Waals surface area contributed by atoms with Gasteiger partial charge in [0.1, 0.15) is 0 Å². The molecule has 0 amide bonds. The number of rotatable bonds is 4. The van der Waals surface area contributed by atoms with E-state index < -0.39 is 0 Å². The van der Waals surface area contributed by atoms with Gasteiger partial charge in [-0.15, -0.1) is 0 Å². The molecule has 1 nitrogen and oxygen atoms in total. The molecule has 31 heavy (non-hydrogen) atoms. The lowest BCUT2D eigenvalue weighted by Gasteiger charge is -2.64. The minimum absolute atomic E-state index is 0.0360. The second-order valence-corrected chi connectivity index (χ2v) is 13.7. The zero-order valence-corrected chi connectivity index (χ0v) is 21.9. The monoisotopic (exact) mass is 426 g/mol. The van der Waals surface area contributed by atoms with E-state index in [0.29, 0.717) is 22.2 Å². The van der Waals surface area contributed by atoms with Crippen LogP contribution in [0, 0.1) is 45.3 Å². The van der Waals surface area contributed by atoms with Crippen LogP contribution in [-0.2, 0) is 0 Å². The van der Waals surface area contributed by atoms with Crippen LogP contribution >= 0.6 is 0 Å². The van der Waals surface area contributed by atoms with E-state index in [1.54, 1.807) is 0 Å². The molecule has 0 aliphatic heterocycles. The van der Waals surface area contributed by atoms with Crippen molar-refractivity contribution in [3.8, 4) is 0 Å². The lowest BCUT2D eigenvalue weighted by atomic mass is 9.41. The Morgan fingerprint density at radius 2 is 1.77 bits per heavy atom. The third-order valence-corrected chi connectivity index (χ3v) is 11.7. The van der Waals surface area contributed by atoms with E-state index >= 15 is 0 Å². The summed E-state index contributed by atoms with van der Waals surface area (Å²) < 4.78 is 0.